The highest BCUT2D eigenvalue weighted by molar-refractivity contribution is 6.07. The number of carbonyl (C=O) groups is 2. The van der Waals surface area contributed by atoms with E-state index in [1.807, 2.05) is 31.3 Å². The maximum absolute atomic E-state index is 13.5. The molecule has 2 aromatic carbocycles. The molecule has 0 spiro atoms. The van der Waals surface area contributed by atoms with E-state index < -0.39 is 0 Å². The van der Waals surface area contributed by atoms with Crippen molar-refractivity contribution in [2.45, 2.75) is 19.8 Å². The first-order chi connectivity index (χ1) is 15.5. The lowest BCUT2D eigenvalue weighted by Crippen LogP contribution is -2.24. The average Bonchev–Trinajstić information content (AvgIpc) is 3.37. The minimum atomic E-state index is -0.341. The van der Waals surface area contributed by atoms with Crippen molar-refractivity contribution in [3.8, 4) is 11.3 Å². The second kappa shape index (κ2) is 7.92. The van der Waals surface area contributed by atoms with Gasteiger partial charge < -0.3 is 10.2 Å². The maximum Gasteiger partial charge on any atom is 0.256 e. The summed E-state index contributed by atoms with van der Waals surface area (Å²) in [4.78, 5) is 31.7. The Bertz CT molecular complexity index is 1340. The molecule has 2 amide bonds. The zero-order chi connectivity index (χ0) is 22.2. The van der Waals surface area contributed by atoms with Gasteiger partial charge in [0.05, 0.1) is 0 Å². The first kappa shape index (κ1) is 19.9. The maximum atomic E-state index is 13.5. The molecule has 2 aromatic heterocycles. The van der Waals surface area contributed by atoms with Crippen LogP contribution in [-0.4, -0.2) is 27.7 Å². The third-order valence-electron chi connectivity index (χ3n) is 5.62. The zero-order valence-electron chi connectivity index (χ0n) is 17.5. The number of pyridine rings is 1. The van der Waals surface area contributed by atoms with Gasteiger partial charge in [-0.3, -0.25) is 14.0 Å². The van der Waals surface area contributed by atoms with Gasteiger partial charge in [-0.25, -0.2) is 9.37 Å². The summed E-state index contributed by atoms with van der Waals surface area (Å²) in [5.74, 6) is -0.0889. The summed E-state index contributed by atoms with van der Waals surface area (Å²) in [5.41, 5.74) is 4.11. The highest BCUT2D eigenvalue weighted by Crippen LogP contribution is 2.30. The number of hydrogen-bond acceptors (Lipinski definition) is 3. The smallest absolute Gasteiger partial charge is 0.256 e. The highest BCUT2D eigenvalue weighted by atomic mass is 19.1. The standard InChI is InChI=1S/C25H21FN4O2/c1-16-11-13-30-21(14-16)27-23(17-7-9-19(26)10-8-17)24(30)28-25(32)18-4-2-5-20(15-18)29-12-3-6-22(29)31/h2,4-5,7-11,13-15H,3,6,12H2,1H3,(H,28,32). The number of rotatable bonds is 4. The molecular formula is C25H21FN4O2. The molecular weight excluding hydrogens is 407 g/mol. The van der Waals surface area contributed by atoms with Crippen LogP contribution in [-0.2, 0) is 4.79 Å². The summed E-state index contributed by atoms with van der Waals surface area (Å²) in [6.07, 6.45) is 3.19. The van der Waals surface area contributed by atoms with Crippen LogP contribution in [0.25, 0.3) is 16.9 Å². The van der Waals surface area contributed by atoms with Crippen LogP contribution in [0, 0.1) is 12.7 Å². The SMILES string of the molecule is Cc1ccn2c(NC(=O)c3cccc(N4CCCC4=O)c3)c(-c3ccc(F)cc3)nc2c1. The fourth-order valence-corrected chi connectivity index (χ4v) is 3.99. The van der Waals surface area contributed by atoms with Gasteiger partial charge >= 0.3 is 0 Å². The molecule has 1 fully saturated rings. The fourth-order valence-electron chi connectivity index (χ4n) is 3.99. The van der Waals surface area contributed by atoms with Crippen LogP contribution < -0.4 is 10.2 Å². The summed E-state index contributed by atoms with van der Waals surface area (Å²) >= 11 is 0. The van der Waals surface area contributed by atoms with Crippen LogP contribution in [0.1, 0.15) is 28.8 Å². The Kier molecular flexibility index (Phi) is 4.93. The Hall–Kier alpha value is -4.00. The van der Waals surface area contributed by atoms with E-state index in [0.717, 1.165) is 12.0 Å². The van der Waals surface area contributed by atoms with E-state index in [1.165, 1.54) is 12.1 Å². The van der Waals surface area contributed by atoms with E-state index in [9.17, 15) is 14.0 Å². The number of aryl methyl sites for hydroxylation is 1. The van der Waals surface area contributed by atoms with Gasteiger partial charge in [0.2, 0.25) is 5.91 Å². The van der Waals surface area contributed by atoms with Crippen LogP contribution in [0.5, 0.6) is 0 Å². The van der Waals surface area contributed by atoms with E-state index in [-0.39, 0.29) is 17.6 Å². The van der Waals surface area contributed by atoms with Crippen LogP contribution in [0.3, 0.4) is 0 Å². The molecule has 1 N–H and O–H groups in total. The minimum Gasteiger partial charge on any atom is -0.312 e. The highest BCUT2D eigenvalue weighted by Gasteiger charge is 2.23. The fraction of sp³-hybridized carbons (Fsp3) is 0.160. The van der Waals surface area contributed by atoms with Gasteiger partial charge in [-0.05, 0) is 73.5 Å². The first-order valence-electron chi connectivity index (χ1n) is 10.5. The number of nitrogens with one attached hydrogen (secondary N) is 1. The second-order valence-corrected chi connectivity index (χ2v) is 7.90. The van der Waals surface area contributed by atoms with Crippen LogP contribution in [0.2, 0.25) is 0 Å². The van der Waals surface area contributed by atoms with Crippen molar-refractivity contribution in [1.82, 2.24) is 9.38 Å². The van der Waals surface area contributed by atoms with Gasteiger partial charge in [0, 0.05) is 36.0 Å². The number of halogens is 1. The lowest BCUT2D eigenvalue weighted by Gasteiger charge is -2.16. The van der Waals surface area contributed by atoms with E-state index in [0.29, 0.717) is 46.9 Å². The van der Waals surface area contributed by atoms with E-state index in [2.05, 4.69) is 10.3 Å². The van der Waals surface area contributed by atoms with Crippen LogP contribution in [0.4, 0.5) is 15.9 Å². The number of benzene rings is 2. The molecule has 32 heavy (non-hydrogen) atoms. The van der Waals surface area contributed by atoms with Gasteiger partial charge in [0.1, 0.15) is 23.0 Å². The molecule has 7 heteroatoms. The lowest BCUT2D eigenvalue weighted by atomic mass is 10.1. The molecule has 0 saturated carbocycles. The third-order valence-corrected chi connectivity index (χ3v) is 5.62. The average molecular weight is 428 g/mol. The number of anilines is 2. The van der Waals surface area contributed by atoms with Crippen molar-refractivity contribution in [3.05, 3.63) is 83.8 Å². The van der Waals surface area contributed by atoms with Crippen LogP contribution >= 0.6 is 0 Å². The zero-order valence-corrected chi connectivity index (χ0v) is 17.5. The van der Waals surface area contributed by atoms with Gasteiger partial charge in [0.15, 0.2) is 0 Å². The van der Waals surface area contributed by atoms with Gasteiger partial charge in [0.25, 0.3) is 5.91 Å². The molecule has 5 rings (SSSR count). The normalized spacial score (nSPS) is 13.7. The molecule has 1 aliphatic rings. The molecule has 0 aliphatic carbocycles. The van der Waals surface area contributed by atoms with Gasteiger partial charge in [-0.15, -0.1) is 0 Å². The number of hydrogen-bond donors (Lipinski definition) is 1. The van der Waals surface area contributed by atoms with E-state index >= 15 is 0 Å². The second-order valence-electron chi connectivity index (χ2n) is 7.90. The predicted molar refractivity (Wildman–Crippen MR) is 121 cm³/mol. The quantitative estimate of drug-likeness (QED) is 0.506. The summed E-state index contributed by atoms with van der Waals surface area (Å²) in [5, 5.41) is 2.98. The Morgan fingerprint density at radius 3 is 2.66 bits per heavy atom. The van der Waals surface area contributed by atoms with Crippen molar-refractivity contribution in [2.75, 3.05) is 16.8 Å². The minimum absolute atomic E-state index is 0.0679. The first-order valence-corrected chi connectivity index (χ1v) is 10.5. The number of aromatic nitrogens is 2. The summed E-state index contributed by atoms with van der Waals surface area (Å²) in [6, 6.07) is 16.9. The summed E-state index contributed by atoms with van der Waals surface area (Å²) in [6.45, 7) is 2.63. The third kappa shape index (κ3) is 3.62. The van der Waals surface area contributed by atoms with Crippen molar-refractivity contribution >= 4 is 29.0 Å². The largest absolute Gasteiger partial charge is 0.312 e. The molecule has 1 saturated heterocycles. The topological polar surface area (TPSA) is 66.7 Å². The summed E-state index contributed by atoms with van der Waals surface area (Å²) < 4.78 is 15.3. The van der Waals surface area contributed by atoms with Crippen molar-refractivity contribution in [3.63, 3.8) is 0 Å². The monoisotopic (exact) mass is 428 g/mol. The molecule has 6 nitrogen and oxygen atoms in total. The number of amides is 2. The van der Waals surface area contributed by atoms with E-state index in [1.54, 1.807) is 39.6 Å². The Balaban J connectivity index is 1.53. The Morgan fingerprint density at radius 2 is 1.91 bits per heavy atom. The number of nitrogens with zero attached hydrogens (tertiary/aromatic N) is 3. The number of carbonyl (C=O) groups excluding carboxylic acids is 2. The lowest BCUT2D eigenvalue weighted by molar-refractivity contribution is -0.117. The van der Waals surface area contributed by atoms with Crippen molar-refractivity contribution in [1.29, 1.82) is 0 Å². The van der Waals surface area contributed by atoms with E-state index in [4.69, 9.17) is 0 Å². The molecule has 4 aromatic rings. The predicted octanol–water partition coefficient (Wildman–Crippen LogP) is 4.83. The van der Waals surface area contributed by atoms with Gasteiger partial charge in [-0.2, -0.15) is 0 Å². The van der Waals surface area contributed by atoms with Crippen LogP contribution in [0.15, 0.2) is 66.9 Å². The summed E-state index contributed by atoms with van der Waals surface area (Å²) in [7, 11) is 0. The van der Waals surface area contributed by atoms with Crippen molar-refractivity contribution in [2.24, 2.45) is 0 Å². The molecule has 0 radical (unpaired) electrons. The molecule has 0 atom stereocenters. The molecule has 0 unspecified atom stereocenters. The number of imidazole rings is 1. The number of fused-ring (bicyclic) bond motifs is 1. The molecule has 0 bridgehead atoms. The Morgan fingerprint density at radius 1 is 1.09 bits per heavy atom. The molecule has 1 aliphatic heterocycles. The van der Waals surface area contributed by atoms with Gasteiger partial charge in [-0.1, -0.05) is 6.07 Å². The van der Waals surface area contributed by atoms with Crippen molar-refractivity contribution < 1.29 is 14.0 Å². The molecule has 3 heterocycles. The Labute approximate surface area is 184 Å². The molecule has 160 valence electrons.